The molecule has 0 aliphatic rings. The molecule has 22 heavy (non-hydrogen) atoms. The molecule has 0 spiro atoms. The minimum atomic E-state index is -0.294. The van der Waals surface area contributed by atoms with Crippen LogP contribution in [0.2, 0.25) is 0 Å². The van der Waals surface area contributed by atoms with Crippen LogP contribution in [0, 0.1) is 0 Å². The van der Waals surface area contributed by atoms with Gasteiger partial charge in [0.2, 0.25) is 0 Å². The van der Waals surface area contributed by atoms with E-state index in [0.717, 1.165) is 0 Å². The molecule has 2 aromatic carbocycles. The molecule has 0 aliphatic carbocycles. The van der Waals surface area contributed by atoms with Gasteiger partial charge in [0.1, 0.15) is 0 Å². The van der Waals surface area contributed by atoms with E-state index in [9.17, 15) is 9.59 Å². The van der Waals surface area contributed by atoms with Crippen molar-refractivity contribution in [2.45, 2.75) is 0 Å². The molecule has 6 nitrogen and oxygen atoms in total. The van der Waals surface area contributed by atoms with Crippen molar-refractivity contribution in [3.63, 3.8) is 0 Å². The summed E-state index contributed by atoms with van der Waals surface area (Å²) in [6.45, 7) is 0. The number of amides is 2. The van der Waals surface area contributed by atoms with Gasteiger partial charge < -0.3 is 22.1 Å². The molecule has 2 rings (SSSR count). The van der Waals surface area contributed by atoms with Crippen LogP contribution in [0.25, 0.3) is 0 Å². The van der Waals surface area contributed by atoms with Crippen LogP contribution in [0.15, 0.2) is 60.9 Å². The van der Waals surface area contributed by atoms with Crippen molar-refractivity contribution in [1.82, 2.24) is 10.6 Å². The molecule has 2 aromatic rings. The molecule has 0 saturated heterocycles. The van der Waals surface area contributed by atoms with Crippen LogP contribution in [0.5, 0.6) is 0 Å². The van der Waals surface area contributed by atoms with Crippen LogP contribution in [0.4, 0.5) is 11.4 Å². The average molecular weight is 296 g/mol. The fourth-order valence-corrected chi connectivity index (χ4v) is 1.67. The molecular weight excluding hydrogens is 280 g/mol. The maximum atomic E-state index is 11.8. The lowest BCUT2D eigenvalue weighted by molar-refractivity contribution is 0.0956. The molecule has 0 radical (unpaired) electrons. The summed E-state index contributed by atoms with van der Waals surface area (Å²) >= 11 is 0. The van der Waals surface area contributed by atoms with Crippen molar-refractivity contribution in [3.8, 4) is 0 Å². The predicted octanol–water partition coefficient (Wildman–Crippen LogP) is 1.48. The fraction of sp³-hybridized carbons (Fsp3) is 0. The van der Waals surface area contributed by atoms with Crippen LogP contribution in [0.1, 0.15) is 20.7 Å². The summed E-state index contributed by atoms with van der Waals surface area (Å²) < 4.78 is 0. The number of rotatable bonds is 4. The number of hydrogen-bond donors (Lipinski definition) is 4. The third-order valence-electron chi connectivity index (χ3n) is 2.86. The number of anilines is 2. The maximum Gasteiger partial charge on any atom is 0.255 e. The monoisotopic (exact) mass is 296 g/mol. The Balaban J connectivity index is 1.85. The number of carbonyl (C=O) groups excluding carboxylic acids is 2. The number of carbonyl (C=O) groups is 2. The summed E-state index contributed by atoms with van der Waals surface area (Å²) in [5.41, 5.74) is 13.2. The fourth-order valence-electron chi connectivity index (χ4n) is 1.67. The Labute approximate surface area is 127 Å². The molecule has 2 amide bonds. The molecule has 0 atom stereocenters. The lowest BCUT2D eigenvalue weighted by Crippen LogP contribution is -2.21. The largest absolute Gasteiger partial charge is 0.399 e. The van der Waals surface area contributed by atoms with E-state index in [-0.39, 0.29) is 11.8 Å². The Morgan fingerprint density at radius 1 is 0.682 bits per heavy atom. The third-order valence-corrected chi connectivity index (χ3v) is 2.86. The van der Waals surface area contributed by atoms with E-state index in [4.69, 9.17) is 11.5 Å². The molecule has 0 aromatic heterocycles. The molecule has 0 unspecified atom stereocenters. The quantitative estimate of drug-likeness (QED) is 0.640. The highest BCUT2D eigenvalue weighted by atomic mass is 16.2. The van der Waals surface area contributed by atoms with Crippen molar-refractivity contribution in [3.05, 3.63) is 72.1 Å². The van der Waals surface area contributed by atoms with Crippen LogP contribution in [0.3, 0.4) is 0 Å². The van der Waals surface area contributed by atoms with Gasteiger partial charge in [0.15, 0.2) is 0 Å². The second kappa shape index (κ2) is 6.94. The van der Waals surface area contributed by atoms with Gasteiger partial charge in [-0.2, -0.15) is 0 Å². The zero-order valence-corrected chi connectivity index (χ0v) is 11.7. The third kappa shape index (κ3) is 4.11. The van der Waals surface area contributed by atoms with Crippen LogP contribution >= 0.6 is 0 Å². The normalized spacial score (nSPS) is 10.4. The smallest absolute Gasteiger partial charge is 0.255 e. The van der Waals surface area contributed by atoms with E-state index >= 15 is 0 Å². The van der Waals surface area contributed by atoms with E-state index in [1.54, 1.807) is 48.5 Å². The SMILES string of the molecule is Nc1ccc(C(=O)NC=CNC(=O)c2ccc(N)cc2)cc1. The maximum absolute atomic E-state index is 11.8. The Kier molecular flexibility index (Phi) is 4.77. The van der Waals surface area contributed by atoms with Crippen molar-refractivity contribution in [2.24, 2.45) is 0 Å². The lowest BCUT2D eigenvalue weighted by atomic mass is 10.2. The highest BCUT2D eigenvalue weighted by Crippen LogP contribution is 2.06. The van der Waals surface area contributed by atoms with E-state index < -0.39 is 0 Å². The highest BCUT2D eigenvalue weighted by molar-refractivity contribution is 5.96. The predicted molar refractivity (Wildman–Crippen MR) is 85.8 cm³/mol. The number of hydrogen-bond acceptors (Lipinski definition) is 4. The molecule has 6 N–H and O–H groups in total. The number of benzene rings is 2. The van der Waals surface area contributed by atoms with Crippen molar-refractivity contribution < 1.29 is 9.59 Å². The Bertz CT molecular complexity index is 630. The second-order valence-electron chi connectivity index (χ2n) is 4.52. The Morgan fingerprint density at radius 3 is 1.32 bits per heavy atom. The van der Waals surface area contributed by atoms with Crippen molar-refractivity contribution in [2.75, 3.05) is 11.5 Å². The zero-order valence-electron chi connectivity index (χ0n) is 11.7. The molecular formula is C16H16N4O2. The molecule has 0 saturated carbocycles. The van der Waals surface area contributed by atoms with Gasteiger partial charge in [-0.25, -0.2) is 0 Å². The first-order valence-corrected chi connectivity index (χ1v) is 6.54. The Morgan fingerprint density at radius 2 is 1.00 bits per heavy atom. The molecule has 0 fully saturated rings. The summed E-state index contributed by atoms with van der Waals surface area (Å²) in [5, 5.41) is 5.08. The first kappa shape index (κ1) is 15.1. The van der Waals surface area contributed by atoms with Gasteiger partial charge in [-0.1, -0.05) is 0 Å². The van der Waals surface area contributed by atoms with Gasteiger partial charge in [0.05, 0.1) is 0 Å². The van der Waals surface area contributed by atoms with Crippen LogP contribution < -0.4 is 22.1 Å². The number of nitrogen functional groups attached to an aromatic ring is 2. The van der Waals surface area contributed by atoms with Gasteiger partial charge in [-0.3, -0.25) is 9.59 Å². The molecule has 0 bridgehead atoms. The van der Waals surface area contributed by atoms with Gasteiger partial charge in [0, 0.05) is 34.9 Å². The second-order valence-corrected chi connectivity index (χ2v) is 4.52. The van der Waals surface area contributed by atoms with Gasteiger partial charge in [-0.05, 0) is 48.5 Å². The van der Waals surface area contributed by atoms with E-state index in [0.29, 0.717) is 22.5 Å². The van der Waals surface area contributed by atoms with Crippen molar-refractivity contribution >= 4 is 23.2 Å². The molecule has 0 aliphatic heterocycles. The zero-order chi connectivity index (χ0) is 15.9. The van der Waals surface area contributed by atoms with Crippen LogP contribution in [-0.4, -0.2) is 11.8 Å². The standard InChI is InChI=1S/C16H16N4O2/c17-13-5-1-11(2-6-13)15(21)19-9-10-20-16(22)12-3-7-14(18)8-4-12/h1-10H,17-18H2,(H,19,21)(H,20,22). The van der Waals surface area contributed by atoms with Gasteiger partial charge in [0.25, 0.3) is 11.8 Å². The molecule has 6 heteroatoms. The summed E-state index contributed by atoms with van der Waals surface area (Å²) in [5.74, 6) is -0.587. The molecule has 112 valence electrons. The summed E-state index contributed by atoms with van der Waals surface area (Å²) in [6.07, 6.45) is 2.71. The minimum absolute atomic E-state index is 0.294. The summed E-state index contributed by atoms with van der Waals surface area (Å²) in [4.78, 5) is 23.6. The van der Waals surface area contributed by atoms with E-state index in [1.165, 1.54) is 12.4 Å². The average Bonchev–Trinajstić information content (AvgIpc) is 2.52. The topological polar surface area (TPSA) is 110 Å². The highest BCUT2D eigenvalue weighted by Gasteiger charge is 2.03. The Hall–Kier alpha value is -3.28. The summed E-state index contributed by atoms with van der Waals surface area (Å²) in [6, 6.07) is 13.0. The van der Waals surface area contributed by atoms with E-state index in [2.05, 4.69) is 10.6 Å². The number of nitrogens with one attached hydrogen (secondary N) is 2. The van der Waals surface area contributed by atoms with E-state index in [1.807, 2.05) is 0 Å². The summed E-state index contributed by atoms with van der Waals surface area (Å²) in [7, 11) is 0. The van der Waals surface area contributed by atoms with Crippen LogP contribution in [-0.2, 0) is 0 Å². The van der Waals surface area contributed by atoms with Crippen molar-refractivity contribution in [1.29, 1.82) is 0 Å². The molecule has 0 heterocycles. The first-order chi connectivity index (χ1) is 10.6. The number of nitrogens with two attached hydrogens (primary N) is 2. The van der Waals surface area contributed by atoms with Gasteiger partial charge in [-0.15, -0.1) is 0 Å². The first-order valence-electron chi connectivity index (χ1n) is 6.54. The minimum Gasteiger partial charge on any atom is -0.399 e. The lowest BCUT2D eigenvalue weighted by Gasteiger charge is -2.02. The van der Waals surface area contributed by atoms with Gasteiger partial charge >= 0.3 is 0 Å².